The third kappa shape index (κ3) is 2.00. The van der Waals surface area contributed by atoms with Crippen LogP contribution in [0.25, 0.3) is 27.4 Å². The summed E-state index contributed by atoms with van der Waals surface area (Å²) < 4.78 is 2.03. The fraction of sp³-hybridized carbons (Fsp3) is 0.174. The van der Waals surface area contributed by atoms with Gasteiger partial charge in [0, 0.05) is 17.3 Å². The van der Waals surface area contributed by atoms with E-state index in [9.17, 15) is 4.79 Å². The molecule has 2 heterocycles. The van der Waals surface area contributed by atoms with E-state index in [2.05, 4.69) is 61.7 Å². The van der Waals surface area contributed by atoms with Gasteiger partial charge in [0.15, 0.2) is 6.29 Å². The molecule has 0 saturated heterocycles. The summed E-state index contributed by atoms with van der Waals surface area (Å²) in [5.74, 6) is 0. The van der Waals surface area contributed by atoms with Crippen molar-refractivity contribution in [3.05, 3.63) is 77.1 Å². The zero-order valence-electron chi connectivity index (χ0n) is 14.3. The van der Waals surface area contributed by atoms with Gasteiger partial charge < -0.3 is 4.40 Å². The van der Waals surface area contributed by atoms with E-state index in [0.29, 0.717) is 0 Å². The molecule has 0 saturated carbocycles. The molecule has 0 atom stereocenters. The van der Waals surface area contributed by atoms with Crippen LogP contribution in [0.3, 0.4) is 0 Å². The zero-order valence-corrected chi connectivity index (χ0v) is 14.3. The molecule has 0 aliphatic heterocycles. The van der Waals surface area contributed by atoms with Gasteiger partial charge in [-0.15, -0.1) is 0 Å². The lowest BCUT2D eigenvalue weighted by Gasteiger charge is -2.09. The van der Waals surface area contributed by atoms with Crippen molar-refractivity contribution in [1.29, 1.82) is 0 Å². The second-order valence-electron chi connectivity index (χ2n) is 6.86. The number of hydrogen-bond acceptors (Lipinski definition) is 1. The molecular formula is C23H19NO. The fourth-order valence-electron chi connectivity index (χ4n) is 4.26. The first-order chi connectivity index (χ1) is 12.3. The molecule has 0 fully saturated rings. The Kier molecular flexibility index (Phi) is 3.08. The molecule has 0 unspecified atom stereocenters. The molecule has 1 aliphatic rings. The summed E-state index contributed by atoms with van der Waals surface area (Å²) in [6, 6.07) is 17.4. The molecule has 0 N–H and O–H groups in total. The number of carbonyl (C=O) groups excluding carboxylic acids is 1. The first-order valence-electron chi connectivity index (χ1n) is 8.93. The molecule has 0 amide bonds. The van der Waals surface area contributed by atoms with Gasteiger partial charge in [-0.05, 0) is 64.4 Å². The Balaban J connectivity index is 1.85. The van der Waals surface area contributed by atoms with E-state index in [4.69, 9.17) is 0 Å². The minimum atomic E-state index is 0.740. The van der Waals surface area contributed by atoms with Gasteiger partial charge in [-0.2, -0.15) is 0 Å². The summed E-state index contributed by atoms with van der Waals surface area (Å²) in [5, 5.41) is 2.66. The molecule has 2 aromatic carbocycles. The van der Waals surface area contributed by atoms with Crippen molar-refractivity contribution in [1.82, 2.24) is 4.40 Å². The van der Waals surface area contributed by atoms with Crippen LogP contribution in [0.15, 0.2) is 54.7 Å². The first-order valence-corrected chi connectivity index (χ1v) is 8.93. The number of rotatable bonds is 3. The number of carbonyl (C=O) groups is 1. The topological polar surface area (TPSA) is 21.5 Å². The standard InChI is InChI=1S/C23H19NO/c1-2-15-6-10-18-12-21(22(14-25)24(18)13-15)19-11-9-17-8-7-16-4-3-5-20(19)23(16)17/h3-6,9-14H,2,7-8H2,1H3. The minimum Gasteiger partial charge on any atom is -0.313 e. The Labute approximate surface area is 146 Å². The molecule has 0 radical (unpaired) electrons. The quantitative estimate of drug-likeness (QED) is 0.472. The number of pyridine rings is 1. The predicted octanol–water partition coefficient (Wildman–Crippen LogP) is 5.23. The molecule has 0 spiro atoms. The van der Waals surface area contributed by atoms with Gasteiger partial charge in [0.05, 0.1) is 5.69 Å². The Morgan fingerprint density at radius 2 is 1.84 bits per heavy atom. The van der Waals surface area contributed by atoms with E-state index in [-0.39, 0.29) is 0 Å². The van der Waals surface area contributed by atoms with Crippen LogP contribution in [-0.4, -0.2) is 10.7 Å². The SMILES string of the molecule is CCc1ccc2cc(-c3ccc4c5c(cccc35)CC4)c(C=O)n2c1. The summed E-state index contributed by atoms with van der Waals surface area (Å²) in [5.41, 5.74) is 8.09. The van der Waals surface area contributed by atoms with E-state index in [1.54, 1.807) is 0 Å². The molecule has 4 aromatic rings. The summed E-state index contributed by atoms with van der Waals surface area (Å²) in [4.78, 5) is 11.9. The number of hydrogen-bond donors (Lipinski definition) is 0. The van der Waals surface area contributed by atoms with Gasteiger partial charge >= 0.3 is 0 Å². The van der Waals surface area contributed by atoms with Crippen molar-refractivity contribution in [2.75, 3.05) is 0 Å². The largest absolute Gasteiger partial charge is 0.313 e. The van der Waals surface area contributed by atoms with Crippen molar-refractivity contribution in [2.24, 2.45) is 0 Å². The lowest BCUT2D eigenvalue weighted by atomic mass is 9.95. The van der Waals surface area contributed by atoms with Crippen LogP contribution < -0.4 is 0 Å². The molecule has 2 heteroatoms. The summed E-state index contributed by atoms with van der Waals surface area (Å²) in [6.07, 6.45) is 6.28. The van der Waals surface area contributed by atoms with Crippen molar-refractivity contribution in [3.8, 4) is 11.1 Å². The maximum absolute atomic E-state index is 11.9. The summed E-state index contributed by atoms with van der Waals surface area (Å²) in [6.45, 7) is 2.13. The Hall–Kier alpha value is -2.87. The molecule has 25 heavy (non-hydrogen) atoms. The van der Waals surface area contributed by atoms with Crippen LogP contribution in [0.5, 0.6) is 0 Å². The van der Waals surface area contributed by atoms with Crippen molar-refractivity contribution in [2.45, 2.75) is 26.2 Å². The lowest BCUT2D eigenvalue weighted by molar-refractivity contribution is 0.111. The van der Waals surface area contributed by atoms with Crippen LogP contribution in [0.4, 0.5) is 0 Å². The highest BCUT2D eigenvalue weighted by Crippen LogP contribution is 2.38. The van der Waals surface area contributed by atoms with Crippen molar-refractivity contribution < 1.29 is 4.79 Å². The third-order valence-electron chi connectivity index (χ3n) is 5.56. The molecule has 2 nitrogen and oxygen atoms in total. The van der Waals surface area contributed by atoms with E-state index in [0.717, 1.165) is 47.9 Å². The van der Waals surface area contributed by atoms with Gasteiger partial charge in [-0.1, -0.05) is 43.3 Å². The van der Waals surface area contributed by atoms with Gasteiger partial charge in [0.25, 0.3) is 0 Å². The summed E-state index contributed by atoms with van der Waals surface area (Å²) >= 11 is 0. The van der Waals surface area contributed by atoms with Gasteiger partial charge in [0.1, 0.15) is 0 Å². The average Bonchev–Trinajstić information content (AvgIpc) is 3.24. The third-order valence-corrected chi connectivity index (χ3v) is 5.56. The highest BCUT2D eigenvalue weighted by Gasteiger charge is 2.19. The maximum Gasteiger partial charge on any atom is 0.167 e. The van der Waals surface area contributed by atoms with Crippen LogP contribution in [0.1, 0.15) is 34.1 Å². The summed E-state index contributed by atoms with van der Waals surface area (Å²) in [7, 11) is 0. The second kappa shape index (κ2) is 5.32. The van der Waals surface area contributed by atoms with Gasteiger partial charge in [-0.25, -0.2) is 0 Å². The van der Waals surface area contributed by atoms with Crippen LogP contribution in [-0.2, 0) is 19.3 Å². The lowest BCUT2D eigenvalue weighted by Crippen LogP contribution is -1.95. The van der Waals surface area contributed by atoms with E-state index in [1.807, 2.05) is 4.40 Å². The monoisotopic (exact) mass is 325 g/mol. The zero-order chi connectivity index (χ0) is 17.0. The molecule has 2 aromatic heterocycles. The minimum absolute atomic E-state index is 0.740. The number of benzene rings is 2. The highest BCUT2D eigenvalue weighted by atomic mass is 16.1. The molecule has 5 rings (SSSR count). The highest BCUT2D eigenvalue weighted by molar-refractivity contribution is 6.04. The number of aryl methyl sites for hydroxylation is 3. The van der Waals surface area contributed by atoms with Crippen LogP contribution in [0.2, 0.25) is 0 Å². The molecule has 1 aliphatic carbocycles. The Bertz CT molecular complexity index is 1140. The average molecular weight is 325 g/mol. The maximum atomic E-state index is 11.9. The normalized spacial score (nSPS) is 13.0. The first kappa shape index (κ1) is 14.5. The Morgan fingerprint density at radius 3 is 2.64 bits per heavy atom. The van der Waals surface area contributed by atoms with E-state index in [1.165, 1.54) is 27.5 Å². The number of aromatic nitrogens is 1. The van der Waals surface area contributed by atoms with Gasteiger partial charge in [0.2, 0.25) is 0 Å². The molecule has 0 bridgehead atoms. The Morgan fingerprint density at radius 1 is 1.00 bits per heavy atom. The second-order valence-corrected chi connectivity index (χ2v) is 6.86. The molecular weight excluding hydrogens is 306 g/mol. The number of fused-ring (bicyclic) bond motifs is 1. The number of aldehydes is 1. The van der Waals surface area contributed by atoms with Crippen LogP contribution in [0, 0.1) is 0 Å². The van der Waals surface area contributed by atoms with Crippen molar-refractivity contribution in [3.63, 3.8) is 0 Å². The number of nitrogens with zero attached hydrogens (tertiary/aromatic N) is 1. The predicted molar refractivity (Wildman–Crippen MR) is 103 cm³/mol. The fourth-order valence-corrected chi connectivity index (χ4v) is 4.26. The smallest absolute Gasteiger partial charge is 0.167 e. The van der Waals surface area contributed by atoms with E-state index < -0.39 is 0 Å². The molecule has 122 valence electrons. The van der Waals surface area contributed by atoms with E-state index >= 15 is 0 Å². The van der Waals surface area contributed by atoms with Crippen molar-refractivity contribution >= 4 is 22.6 Å². The van der Waals surface area contributed by atoms with Gasteiger partial charge in [-0.3, -0.25) is 4.79 Å². The van der Waals surface area contributed by atoms with Crippen LogP contribution >= 0.6 is 0 Å².